The van der Waals surface area contributed by atoms with Gasteiger partial charge in [0.25, 0.3) is 5.91 Å². The number of aromatic nitrogens is 2. The summed E-state index contributed by atoms with van der Waals surface area (Å²) in [6.45, 7) is 2.00. The van der Waals surface area contributed by atoms with Gasteiger partial charge in [-0.25, -0.2) is 4.68 Å². The number of hydrogen-bond donors (Lipinski definition) is 1. The van der Waals surface area contributed by atoms with E-state index in [4.69, 9.17) is 0 Å². The van der Waals surface area contributed by atoms with Gasteiger partial charge in [-0.05, 0) is 53.9 Å². The summed E-state index contributed by atoms with van der Waals surface area (Å²) < 4.78 is 1.82. The third-order valence-corrected chi connectivity index (χ3v) is 5.51. The lowest BCUT2D eigenvalue weighted by atomic mass is 10.0. The van der Waals surface area contributed by atoms with Crippen molar-refractivity contribution in [3.63, 3.8) is 0 Å². The molecule has 5 rings (SSSR count). The normalized spacial score (nSPS) is 10.7. The predicted octanol–water partition coefficient (Wildman–Crippen LogP) is 6.77. The highest BCUT2D eigenvalue weighted by atomic mass is 16.1. The lowest BCUT2D eigenvalue weighted by Gasteiger charge is -2.08. The van der Waals surface area contributed by atoms with Crippen molar-refractivity contribution in [3.05, 3.63) is 127 Å². The Labute approximate surface area is 193 Å². The number of nitrogens with one attached hydrogen (secondary N) is 1. The molecule has 0 aliphatic heterocycles. The fourth-order valence-corrected chi connectivity index (χ4v) is 3.85. The second-order valence-electron chi connectivity index (χ2n) is 7.93. The van der Waals surface area contributed by atoms with E-state index in [0.717, 1.165) is 33.8 Å². The zero-order valence-electron chi connectivity index (χ0n) is 18.3. The Hall–Kier alpha value is -4.44. The summed E-state index contributed by atoms with van der Waals surface area (Å²) in [7, 11) is 0. The first-order chi connectivity index (χ1) is 16.2. The summed E-state index contributed by atoms with van der Waals surface area (Å²) in [6, 6.07) is 38.0. The van der Waals surface area contributed by atoms with Crippen LogP contribution in [0, 0.1) is 6.92 Å². The molecule has 1 aromatic heterocycles. The molecule has 1 heterocycles. The van der Waals surface area contributed by atoms with Crippen LogP contribution in [0.3, 0.4) is 0 Å². The highest BCUT2D eigenvalue weighted by molar-refractivity contribution is 6.03. The number of nitrogens with zero attached hydrogens (tertiary/aromatic N) is 2. The van der Waals surface area contributed by atoms with Crippen LogP contribution in [0.15, 0.2) is 115 Å². The number of carbonyl (C=O) groups is 1. The van der Waals surface area contributed by atoms with E-state index in [9.17, 15) is 4.79 Å². The minimum atomic E-state index is -0.238. The van der Waals surface area contributed by atoms with E-state index in [1.807, 2.05) is 90.5 Å². The maximum Gasteiger partial charge on any atom is 0.276 e. The van der Waals surface area contributed by atoms with Gasteiger partial charge in [0, 0.05) is 11.3 Å². The smallest absolute Gasteiger partial charge is 0.276 e. The lowest BCUT2D eigenvalue weighted by Crippen LogP contribution is -2.13. The Morgan fingerprint density at radius 2 is 1.33 bits per heavy atom. The molecule has 1 amide bonds. The van der Waals surface area contributed by atoms with Crippen molar-refractivity contribution in [2.75, 3.05) is 5.32 Å². The van der Waals surface area contributed by atoms with Crippen molar-refractivity contribution >= 4 is 11.6 Å². The number of amides is 1. The molecule has 0 fully saturated rings. The standard InChI is InChI=1S/C29H23N3O/c1-21-9-8-12-25(19-21)30-29(33)27-20-28(32(31-27)26-13-6-3-7-14-26)24-17-15-23(16-18-24)22-10-4-2-5-11-22/h2-20H,1H3,(H,30,33). The first-order valence-corrected chi connectivity index (χ1v) is 10.9. The first-order valence-electron chi connectivity index (χ1n) is 10.9. The van der Waals surface area contributed by atoms with Crippen LogP contribution in [0.2, 0.25) is 0 Å². The zero-order chi connectivity index (χ0) is 22.6. The second kappa shape index (κ2) is 8.97. The average Bonchev–Trinajstić information content (AvgIpc) is 3.31. The van der Waals surface area contributed by atoms with Crippen LogP contribution in [-0.2, 0) is 0 Å². The Kier molecular flexibility index (Phi) is 5.56. The van der Waals surface area contributed by atoms with Crippen LogP contribution >= 0.6 is 0 Å². The molecule has 0 aliphatic rings. The third-order valence-electron chi connectivity index (χ3n) is 5.51. The fourth-order valence-electron chi connectivity index (χ4n) is 3.85. The summed E-state index contributed by atoms with van der Waals surface area (Å²) in [5, 5.41) is 7.62. The number of anilines is 1. The van der Waals surface area contributed by atoms with Gasteiger partial charge in [0.05, 0.1) is 11.4 Å². The molecule has 0 radical (unpaired) electrons. The molecule has 0 atom stereocenters. The number of aryl methyl sites for hydroxylation is 1. The van der Waals surface area contributed by atoms with Crippen LogP contribution in [0.5, 0.6) is 0 Å². The predicted molar refractivity (Wildman–Crippen MR) is 134 cm³/mol. The number of para-hydroxylation sites is 1. The molecule has 0 saturated heterocycles. The molecule has 1 N–H and O–H groups in total. The van der Waals surface area contributed by atoms with Crippen molar-refractivity contribution in [2.45, 2.75) is 6.92 Å². The molecule has 33 heavy (non-hydrogen) atoms. The third kappa shape index (κ3) is 4.46. The van der Waals surface area contributed by atoms with Gasteiger partial charge in [-0.2, -0.15) is 5.10 Å². The number of benzene rings is 4. The van der Waals surface area contributed by atoms with Gasteiger partial charge in [0.15, 0.2) is 5.69 Å². The summed E-state index contributed by atoms with van der Waals surface area (Å²) in [6.07, 6.45) is 0. The zero-order valence-corrected chi connectivity index (χ0v) is 18.3. The topological polar surface area (TPSA) is 46.9 Å². The molecule has 5 aromatic rings. The van der Waals surface area contributed by atoms with Gasteiger partial charge in [-0.3, -0.25) is 4.79 Å². The summed E-state index contributed by atoms with van der Waals surface area (Å²) in [4.78, 5) is 13.0. The highest BCUT2D eigenvalue weighted by Crippen LogP contribution is 2.28. The largest absolute Gasteiger partial charge is 0.321 e. The van der Waals surface area contributed by atoms with E-state index in [1.165, 1.54) is 5.56 Å². The van der Waals surface area contributed by atoms with Crippen molar-refractivity contribution in [1.29, 1.82) is 0 Å². The Morgan fingerprint density at radius 1 is 0.697 bits per heavy atom. The maximum atomic E-state index is 13.0. The van der Waals surface area contributed by atoms with Crippen molar-refractivity contribution in [1.82, 2.24) is 9.78 Å². The van der Waals surface area contributed by atoms with Gasteiger partial charge in [-0.1, -0.05) is 84.9 Å². The molecule has 0 unspecified atom stereocenters. The monoisotopic (exact) mass is 429 g/mol. The molecule has 0 bridgehead atoms. The summed E-state index contributed by atoms with van der Waals surface area (Å²) >= 11 is 0. The van der Waals surface area contributed by atoms with Gasteiger partial charge in [0.2, 0.25) is 0 Å². The highest BCUT2D eigenvalue weighted by Gasteiger charge is 2.17. The van der Waals surface area contributed by atoms with Crippen LogP contribution in [0.25, 0.3) is 28.1 Å². The second-order valence-corrected chi connectivity index (χ2v) is 7.93. The molecule has 0 aliphatic carbocycles. The molecule has 4 nitrogen and oxygen atoms in total. The Balaban J connectivity index is 1.52. The van der Waals surface area contributed by atoms with E-state index < -0.39 is 0 Å². The van der Waals surface area contributed by atoms with E-state index in [0.29, 0.717) is 5.69 Å². The fraction of sp³-hybridized carbons (Fsp3) is 0.0345. The first kappa shape index (κ1) is 20.5. The van der Waals surface area contributed by atoms with Crippen LogP contribution in [0.1, 0.15) is 16.1 Å². The minimum absolute atomic E-state index is 0.238. The summed E-state index contributed by atoms with van der Waals surface area (Å²) in [5.41, 5.74) is 7.25. The number of rotatable bonds is 5. The number of carbonyl (C=O) groups excluding carboxylic acids is 1. The quantitative estimate of drug-likeness (QED) is 0.335. The van der Waals surface area contributed by atoms with Gasteiger partial charge >= 0.3 is 0 Å². The van der Waals surface area contributed by atoms with Crippen molar-refractivity contribution in [2.24, 2.45) is 0 Å². The van der Waals surface area contributed by atoms with E-state index in [2.05, 4.69) is 46.8 Å². The lowest BCUT2D eigenvalue weighted by molar-refractivity contribution is 0.102. The van der Waals surface area contributed by atoms with Crippen molar-refractivity contribution in [3.8, 4) is 28.1 Å². The van der Waals surface area contributed by atoms with Gasteiger partial charge in [0.1, 0.15) is 0 Å². The van der Waals surface area contributed by atoms with Gasteiger partial charge in [-0.15, -0.1) is 0 Å². The maximum absolute atomic E-state index is 13.0. The molecular weight excluding hydrogens is 406 g/mol. The van der Waals surface area contributed by atoms with Gasteiger partial charge < -0.3 is 5.32 Å². The van der Waals surface area contributed by atoms with E-state index in [1.54, 1.807) is 0 Å². The molecular formula is C29H23N3O. The average molecular weight is 430 g/mol. The molecule has 4 aromatic carbocycles. The van der Waals surface area contributed by atoms with Crippen LogP contribution in [0.4, 0.5) is 5.69 Å². The number of hydrogen-bond acceptors (Lipinski definition) is 2. The summed E-state index contributed by atoms with van der Waals surface area (Å²) in [5.74, 6) is -0.238. The Bertz CT molecular complexity index is 1390. The molecule has 160 valence electrons. The van der Waals surface area contributed by atoms with Crippen LogP contribution in [-0.4, -0.2) is 15.7 Å². The molecule has 0 saturated carbocycles. The van der Waals surface area contributed by atoms with Crippen LogP contribution < -0.4 is 5.32 Å². The van der Waals surface area contributed by atoms with E-state index in [-0.39, 0.29) is 5.91 Å². The molecule has 4 heteroatoms. The SMILES string of the molecule is Cc1cccc(NC(=O)c2cc(-c3ccc(-c4ccccc4)cc3)n(-c3ccccc3)n2)c1. The minimum Gasteiger partial charge on any atom is -0.321 e. The Morgan fingerprint density at radius 3 is 2.03 bits per heavy atom. The van der Waals surface area contributed by atoms with E-state index >= 15 is 0 Å². The van der Waals surface area contributed by atoms with Crippen molar-refractivity contribution < 1.29 is 4.79 Å². The molecule has 0 spiro atoms.